The number of benzene rings is 1. The third-order valence-electron chi connectivity index (χ3n) is 3.87. The van der Waals surface area contributed by atoms with Crippen LogP contribution in [-0.4, -0.2) is 23.6 Å². The van der Waals surface area contributed by atoms with Crippen LogP contribution < -0.4 is 10.6 Å². The van der Waals surface area contributed by atoms with E-state index in [2.05, 4.69) is 24.5 Å². The molecule has 1 aliphatic rings. The van der Waals surface area contributed by atoms with Gasteiger partial charge < -0.3 is 15.7 Å². The zero-order chi connectivity index (χ0) is 14.9. The second-order valence-electron chi connectivity index (χ2n) is 6.02. The molecule has 4 nitrogen and oxygen atoms in total. The maximum atomic E-state index is 11.7. The van der Waals surface area contributed by atoms with Crippen LogP contribution >= 0.6 is 0 Å². The maximum absolute atomic E-state index is 11.7. The lowest BCUT2D eigenvalue weighted by Crippen LogP contribution is -2.38. The topological polar surface area (TPSA) is 61.4 Å². The third kappa shape index (κ3) is 2.96. The molecule has 2 unspecified atom stereocenters. The lowest BCUT2D eigenvalue weighted by atomic mass is 9.97. The molecular weight excluding hydrogens is 252 g/mol. The molecule has 1 aromatic rings. The van der Waals surface area contributed by atoms with E-state index in [4.69, 9.17) is 0 Å². The number of fused-ring (bicyclic) bond motifs is 1. The lowest BCUT2D eigenvalue weighted by molar-refractivity contribution is -0.120. The Morgan fingerprint density at radius 3 is 2.75 bits per heavy atom. The minimum absolute atomic E-state index is 0.00625. The van der Waals surface area contributed by atoms with Crippen LogP contribution in [0.1, 0.15) is 55.8 Å². The molecule has 1 aliphatic carbocycles. The molecule has 0 radical (unpaired) electrons. The Hall–Kier alpha value is -1.55. The summed E-state index contributed by atoms with van der Waals surface area (Å²) < 4.78 is 0. The second-order valence-corrected chi connectivity index (χ2v) is 6.02. The number of hydrogen-bond donors (Lipinski definition) is 3. The first-order chi connectivity index (χ1) is 9.40. The van der Waals surface area contributed by atoms with E-state index in [1.165, 1.54) is 11.1 Å². The summed E-state index contributed by atoms with van der Waals surface area (Å²) in [6.45, 7) is 8.41. The number of amides is 1. The monoisotopic (exact) mass is 276 g/mol. The van der Waals surface area contributed by atoms with Crippen LogP contribution in [0.25, 0.3) is 0 Å². The molecule has 0 aromatic heterocycles. The number of phenols is 1. The van der Waals surface area contributed by atoms with Gasteiger partial charge in [0, 0.05) is 17.6 Å². The Balaban J connectivity index is 2.10. The second kappa shape index (κ2) is 5.83. The quantitative estimate of drug-likeness (QED) is 0.791. The highest BCUT2D eigenvalue weighted by molar-refractivity contribution is 5.78. The SMILES string of the molecule is Cc1ccc(O)c2c1C(C)CC2NCC(=O)NC(C)C. The van der Waals surface area contributed by atoms with Crippen molar-refractivity contribution in [2.45, 2.75) is 52.1 Å². The van der Waals surface area contributed by atoms with Gasteiger partial charge >= 0.3 is 0 Å². The first-order valence-electron chi connectivity index (χ1n) is 7.25. The van der Waals surface area contributed by atoms with E-state index < -0.39 is 0 Å². The van der Waals surface area contributed by atoms with Gasteiger partial charge in [0.2, 0.25) is 5.91 Å². The first-order valence-corrected chi connectivity index (χ1v) is 7.25. The van der Waals surface area contributed by atoms with E-state index >= 15 is 0 Å². The van der Waals surface area contributed by atoms with Crippen LogP contribution in [-0.2, 0) is 4.79 Å². The van der Waals surface area contributed by atoms with Crippen molar-refractivity contribution in [1.82, 2.24) is 10.6 Å². The van der Waals surface area contributed by atoms with Crippen molar-refractivity contribution in [3.63, 3.8) is 0 Å². The zero-order valence-electron chi connectivity index (χ0n) is 12.7. The number of rotatable bonds is 4. The Morgan fingerprint density at radius 1 is 1.40 bits per heavy atom. The molecule has 2 atom stereocenters. The maximum Gasteiger partial charge on any atom is 0.234 e. The van der Waals surface area contributed by atoms with Gasteiger partial charge in [-0.3, -0.25) is 4.79 Å². The summed E-state index contributed by atoms with van der Waals surface area (Å²) in [5.74, 6) is 0.729. The van der Waals surface area contributed by atoms with Crippen molar-refractivity contribution >= 4 is 5.91 Å². The van der Waals surface area contributed by atoms with Gasteiger partial charge in [-0.15, -0.1) is 0 Å². The molecule has 0 fully saturated rings. The summed E-state index contributed by atoms with van der Waals surface area (Å²) in [4.78, 5) is 11.7. The Kier molecular flexibility index (Phi) is 4.33. The number of phenolic OH excluding ortho intramolecular Hbond substituents is 1. The van der Waals surface area contributed by atoms with Crippen LogP contribution in [0.4, 0.5) is 0 Å². The molecule has 2 rings (SSSR count). The fourth-order valence-electron chi connectivity index (χ4n) is 3.12. The summed E-state index contributed by atoms with van der Waals surface area (Å²) in [6.07, 6.45) is 0.919. The van der Waals surface area contributed by atoms with E-state index in [9.17, 15) is 9.90 Å². The number of hydrogen-bond acceptors (Lipinski definition) is 3. The molecule has 1 aromatic carbocycles. The number of aryl methyl sites for hydroxylation is 1. The fourth-order valence-corrected chi connectivity index (χ4v) is 3.12. The minimum Gasteiger partial charge on any atom is -0.508 e. The van der Waals surface area contributed by atoms with E-state index in [1.807, 2.05) is 19.9 Å². The number of aromatic hydroxyl groups is 1. The van der Waals surface area contributed by atoms with Crippen molar-refractivity contribution in [1.29, 1.82) is 0 Å². The zero-order valence-corrected chi connectivity index (χ0v) is 12.7. The normalized spacial score (nSPS) is 21.1. The van der Waals surface area contributed by atoms with Crippen molar-refractivity contribution in [3.8, 4) is 5.75 Å². The predicted molar refractivity (Wildman–Crippen MR) is 79.9 cm³/mol. The smallest absolute Gasteiger partial charge is 0.234 e. The van der Waals surface area contributed by atoms with Crippen molar-refractivity contribution < 1.29 is 9.90 Å². The molecule has 0 bridgehead atoms. The molecule has 0 aliphatic heterocycles. The number of nitrogens with one attached hydrogen (secondary N) is 2. The predicted octanol–water partition coefficient (Wildman–Crippen LogP) is 2.36. The van der Waals surface area contributed by atoms with Crippen LogP contribution in [0, 0.1) is 6.92 Å². The van der Waals surface area contributed by atoms with Gasteiger partial charge in [-0.1, -0.05) is 13.0 Å². The van der Waals surface area contributed by atoms with Gasteiger partial charge in [-0.25, -0.2) is 0 Å². The molecular formula is C16H24N2O2. The van der Waals surface area contributed by atoms with Crippen LogP contribution in [0.2, 0.25) is 0 Å². The molecule has 0 saturated carbocycles. The standard InChI is InChI=1S/C16H24N2O2/c1-9(2)18-14(20)8-17-12-7-11(4)15-10(3)5-6-13(19)16(12)15/h5-6,9,11-12,17,19H,7-8H2,1-4H3,(H,18,20). The first kappa shape index (κ1) is 14.9. The number of carbonyl (C=O) groups is 1. The Morgan fingerprint density at radius 2 is 2.10 bits per heavy atom. The molecule has 20 heavy (non-hydrogen) atoms. The highest BCUT2D eigenvalue weighted by atomic mass is 16.3. The van der Waals surface area contributed by atoms with Gasteiger partial charge in [0.25, 0.3) is 0 Å². The Labute approximate surface area is 120 Å². The van der Waals surface area contributed by atoms with Crippen molar-refractivity contribution in [2.75, 3.05) is 6.54 Å². The van der Waals surface area contributed by atoms with Crippen molar-refractivity contribution in [2.24, 2.45) is 0 Å². The molecule has 4 heteroatoms. The third-order valence-corrected chi connectivity index (χ3v) is 3.87. The highest BCUT2D eigenvalue weighted by Gasteiger charge is 2.32. The molecule has 110 valence electrons. The average Bonchev–Trinajstić information content (AvgIpc) is 2.69. The number of carbonyl (C=O) groups excluding carboxylic acids is 1. The van der Waals surface area contributed by atoms with Gasteiger partial charge in [-0.2, -0.15) is 0 Å². The minimum atomic E-state index is -0.00625. The van der Waals surface area contributed by atoms with Gasteiger partial charge in [0.15, 0.2) is 0 Å². The summed E-state index contributed by atoms with van der Waals surface area (Å²) >= 11 is 0. The highest BCUT2D eigenvalue weighted by Crippen LogP contribution is 2.45. The molecule has 0 heterocycles. The molecule has 0 spiro atoms. The largest absolute Gasteiger partial charge is 0.508 e. The van der Waals surface area contributed by atoms with E-state index in [0.29, 0.717) is 11.7 Å². The van der Waals surface area contributed by atoms with Gasteiger partial charge in [0.1, 0.15) is 5.75 Å². The van der Waals surface area contributed by atoms with E-state index in [1.54, 1.807) is 6.07 Å². The van der Waals surface area contributed by atoms with Crippen LogP contribution in [0.3, 0.4) is 0 Å². The van der Waals surface area contributed by atoms with Gasteiger partial charge in [0.05, 0.1) is 6.54 Å². The average molecular weight is 276 g/mol. The van der Waals surface area contributed by atoms with E-state index in [-0.39, 0.29) is 24.5 Å². The molecule has 0 saturated heterocycles. The summed E-state index contributed by atoms with van der Waals surface area (Å²) in [5.41, 5.74) is 3.41. The fraction of sp³-hybridized carbons (Fsp3) is 0.562. The lowest BCUT2D eigenvalue weighted by Gasteiger charge is -2.16. The van der Waals surface area contributed by atoms with Crippen molar-refractivity contribution in [3.05, 3.63) is 28.8 Å². The van der Waals surface area contributed by atoms with Gasteiger partial charge in [-0.05, 0) is 50.3 Å². The van der Waals surface area contributed by atoms with Crippen LogP contribution in [0.15, 0.2) is 12.1 Å². The molecule has 1 amide bonds. The summed E-state index contributed by atoms with van der Waals surface area (Å²) in [7, 11) is 0. The van der Waals surface area contributed by atoms with Crippen LogP contribution in [0.5, 0.6) is 5.75 Å². The molecule has 3 N–H and O–H groups in total. The summed E-state index contributed by atoms with van der Waals surface area (Å²) in [5, 5.41) is 16.2. The Bertz CT molecular complexity index is 511. The summed E-state index contributed by atoms with van der Waals surface area (Å²) in [6, 6.07) is 3.90. The van der Waals surface area contributed by atoms with E-state index in [0.717, 1.165) is 12.0 Å².